The highest BCUT2D eigenvalue weighted by Gasteiger charge is 2.48. The van der Waals surface area contributed by atoms with Crippen LogP contribution in [0.4, 0.5) is 0 Å². The summed E-state index contributed by atoms with van der Waals surface area (Å²) in [6.07, 6.45) is 1.57. The molecule has 0 aliphatic carbocycles. The second kappa shape index (κ2) is 8.91. The van der Waals surface area contributed by atoms with Gasteiger partial charge in [0.1, 0.15) is 16.9 Å². The standard InChI is InChI=1S/C28H28N4O3/c1-19-8-6-10-21(14-19)17-31-26(33)24-15-23(25-12-7-13-35-25)30-32(24)18-28(31,3)27(34)29-16-22-11-5-4-9-20(22)2/h4-15H,16-18H2,1-3H3,(H,29,34)/t28-/m0/s1. The van der Waals surface area contributed by atoms with Crippen LogP contribution in [0.5, 0.6) is 0 Å². The van der Waals surface area contributed by atoms with Gasteiger partial charge in [0, 0.05) is 19.2 Å². The topological polar surface area (TPSA) is 80.4 Å². The summed E-state index contributed by atoms with van der Waals surface area (Å²) in [7, 11) is 0. The summed E-state index contributed by atoms with van der Waals surface area (Å²) in [6.45, 7) is 6.78. The molecule has 2 amide bonds. The second-order valence-electron chi connectivity index (χ2n) is 9.31. The first-order valence-electron chi connectivity index (χ1n) is 11.7. The number of aromatic nitrogens is 2. The van der Waals surface area contributed by atoms with Gasteiger partial charge in [-0.15, -0.1) is 0 Å². The summed E-state index contributed by atoms with van der Waals surface area (Å²) in [6, 6.07) is 21.3. The molecule has 0 spiro atoms. The van der Waals surface area contributed by atoms with Crippen molar-refractivity contribution in [3.8, 4) is 11.5 Å². The van der Waals surface area contributed by atoms with Gasteiger partial charge in [0.25, 0.3) is 5.91 Å². The van der Waals surface area contributed by atoms with Crippen LogP contribution in [0, 0.1) is 13.8 Å². The Kier molecular flexibility index (Phi) is 5.76. The van der Waals surface area contributed by atoms with E-state index in [1.807, 2.05) is 69.3 Å². The Labute approximate surface area is 204 Å². The van der Waals surface area contributed by atoms with Crippen molar-refractivity contribution in [1.29, 1.82) is 0 Å². The molecule has 5 rings (SSSR count). The number of carbonyl (C=O) groups is 2. The number of nitrogens with zero attached hydrogens (tertiary/aromatic N) is 3. The fourth-order valence-corrected chi connectivity index (χ4v) is 4.60. The third-order valence-electron chi connectivity index (χ3n) is 6.68. The molecule has 0 saturated heterocycles. The number of rotatable bonds is 6. The van der Waals surface area contributed by atoms with Gasteiger partial charge >= 0.3 is 0 Å². The minimum atomic E-state index is -1.14. The van der Waals surface area contributed by atoms with Crippen molar-refractivity contribution in [1.82, 2.24) is 20.0 Å². The van der Waals surface area contributed by atoms with Crippen molar-refractivity contribution in [2.75, 3.05) is 0 Å². The molecule has 178 valence electrons. The molecule has 1 atom stereocenters. The Morgan fingerprint density at radius 2 is 1.91 bits per heavy atom. The van der Waals surface area contributed by atoms with Crippen LogP contribution in [0.1, 0.15) is 39.7 Å². The highest BCUT2D eigenvalue weighted by Crippen LogP contribution is 2.31. The van der Waals surface area contributed by atoms with Crippen LogP contribution in [0.25, 0.3) is 11.5 Å². The molecule has 35 heavy (non-hydrogen) atoms. The lowest BCUT2D eigenvalue weighted by Crippen LogP contribution is -2.63. The van der Waals surface area contributed by atoms with Crippen LogP contribution in [0.3, 0.4) is 0 Å². The number of amides is 2. The first-order valence-corrected chi connectivity index (χ1v) is 11.7. The van der Waals surface area contributed by atoms with Gasteiger partial charge in [-0.3, -0.25) is 14.3 Å². The second-order valence-corrected chi connectivity index (χ2v) is 9.31. The minimum Gasteiger partial charge on any atom is -0.463 e. The number of hydrogen-bond donors (Lipinski definition) is 1. The molecule has 0 bridgehead atoms. The van der Waals surface area contributed by atoms with E-state index in [0.29, 0.717) is 30.2 Å². The lowest BCUT2D eigenvalue weighted by atomic mass is 9.93. The van der Waals surface area contributed by atoms with Crippen LogP contribution in [0.2, 0.25) is 0 Å². The molecule has 1 aliphatic heterocycles. The van der Waals surface area contributed by atoms with Crippen LogP contribution in [-0.2, 0) is 24.4 Å². The van der Waals surface area contributed by atoms with Crippen LogP contribution >= 0.6 is 0 Å². The fourth-order valence-electron chi connectivity index (χ4n) is 4.60. The number of fused-ring (bicyclic) bond motifs is 1. The molecule has 2 aromatic carbocycles. The summed E-state index contributed by atoms with van der Waals surface area (Å²) < 4.78 is 7.11. The van der Waals surface area contributed by atoms with Crippen molar-refractivity contribution in [2.45, 2.75) is 45.9 Å². The Morgan fingerprint density at radius 1 is 1.09 bits per heavy atom. The molecular formula is C28H28N4O3. The van der Waals surface area contributed by atoms with Gasteiger partial charge in [-0.25, -0.2) is 0 Å². The third-order valence-corrected chi connectivity index (χ3v) is 6.68. The van der Waals surface area contributed by atoms with Crippen molar-refractivity contribution in [2.24, 2.45) is 0 Å². The maximum Gasteiger partial charge on any atom is 0.273 e. The average Bonchev–Trinajstić information content (AvgIpc) is 3.51. The predicted octanol–water partition coefficient (Wildman–Crippen LogP) is 4.49. The Hall–Kier alpha value is -4.13. The predicted molar refractivity (Wildman–Crippen MR) is 132 cm³/mol. The van der Waals surface area contributed by atoms with Gasteiger partial charge in [0.05, 0.1) is 12.8 Å². The maximum atomic E-state index is 13.8. The first kappa shape index (κ1) is 22.7. The number of nitrogens with one attached hydrogen (secondary N) is 1. The third kappa shape index (κ3) is 4.25. The highest BCUT2D eigenvalue weighted by molar-refractivity contribution is 6.00. The number of carbonyl (C=O) groups excluding carboxylic acids is 2. The van der Waals surface area contributed by atoms with E-state index in [0.717, 1.165) is 22.3 Å². The molecule has 1 aliphatic rings. The van der Waals surface area contributed by atoms with Gasteiger partial charge in [-0.2, -0.15) is 5.10 Å². The zero-order valence-electron chi connectivity index (χ0n) is 20.1. The summed E-state index contributed by atoms with van der Waals surface area (Å²) in [5, 5.41) is 7.68. The molecule has 0 saturated carbocycles. The van der Waals surface area contributed by atoms with Gasteiger partial charge in [0.15, 0.2) is 5.76 Å². The maximum absolute atomic E-state index is 13.8. The van der Waals surface area contributed by atoms with Crippen molar-refractivity contribution in [3.63, 3.8) is 0 Å². The smallest absolute Gasteiger partial charge is 0.273 e. The number of aryl methyl sites for hydroxylation is 2. The Balaban J connectivity index is 1.50. The lowest BCUT2D eigenvalue weighted by molar-refractivity contribution is -0.133. The summed E-state index contributed by atoms with van der Waals surface area (Å²) in [4.78, 5) is 29.2. The van der Waals surface area contributed by atoms with E-state index in [1.165, 1.54) is 0 Å². The zero-order valence-corrected chi connectivity index (χ0v) is 20.1. The van der Waals surface area contributed by atoms with Gasteiger partial charge in [-0.1, -0.05) is 54.1 Å². The number of furan rings is 1. The monoisotopic (exact) mass is 468 g/mol. The molecule has 0 unspecified atom stereocenters. The summed E-state index contributed by atoms with van der Waals surface area (Å²) in [5.74, 6) is 0.120. The van der Waals surface area contributed by atoms with Gasteiger partial charge in [-0.05, 0) is 49.6 Å². The Morgan fingerprint density at radius 3 is 2.66 bits per heavy atom. The molecule has 4 aromatic rings. The fraction of sp³-hybridized carbons (Fsp3) is 0.250. The van der Waals surface area contributed by atoms with E-state index in [2.05, 4.69) is 10.4 Å². The first-order chi connectivity index (χ1) is 16.8. The SMILES string of the molecule is Cc1cccc(CN2C(=O)c3cc(-c4ccco4)nn3C[C@@]2(C)C(=O)NCc2ccccc2C)c1. The van der Waals surface area contributed by atoms with E-state index in [1.54, 1.807) is 34.0 Å². The summed E-state index contributed by atoms with van der Waals surface area (Å²) >= 11 is 0. The van der Waals surface area contributed by atoms with E-state index < -0.39 is 5.54 Å². The van der Waals surface area contributed by atoms with E-state index in [4.69, 9.17) is 4.42 Å². The average molecular weight is 469 g/mol. The van der Waals surface area contributed by atoms with E-state index >= 15 is 0 Å². The zero-order chi connectivity index (χ0) is 24.6. The van der Waals surface area contributed by atoms with E-state index in [9.17, 15) is 9.59 Å². The molecule has 3 heterocycles. The highest BCUT2D eigenvalue weighted by atomic mass is 16.3. The molecular weight excluding hydrogens is 440 g/mol. The Bertz CT molecular complexity index is 1390. The van der Waals surface area contributed by atoms with Crippen LogP contribution in [-0.4, -0.2) is 32.0 Å². The van der Waals surface area contributed by atoms with Crippen molar-refractivity contribution >= 4 is 11.8 Å². The molecule has 7 heteroatoms. The molecule has 0 fully saturated rings. The largest absolute Gasteiger partial charge is 0.463 e. The molecule has 2 aromatic heterocycles. The lowest BCUT2D eigenvalue weighted by Gasteiger charge is -2.43. The van der Waals surface area contributed by atoms with Crippen LogP contribution in [0.15, 0.2) is 77.4 Å². The molecule has 1 N–H and O–H groups in total. The molecule has 0 radical (unpaired) electrons. The number of hydrogen-bond acceptors (Lipinski definition) is 4. The molecule has 7 nitrogen and oxygen atoms in total. The number of benzene rings is 2. The van der Waals surface area contributed by atoms with Crippen molar-refractivity contribution in [3.05, 3.63) is 101 Å². The van der Waals surface area contributed by atoms with E-state index in [-0.39, 0.29) is 18.4 Å². The quantitative estimate of drug-likeness (QED) is 0.452. The normalized spacial score (nSPS) is 17.3. The van der Waals surface area contributed by atoms with Crippen LogP contribution < -0.4 is 5.32 Å². The van der Waals surface area contributed by atoms with Gasteiger partial charge in [0.2, 0.25) is 5.91 Å². The van der Waals surface area contributed by atoms with Gasteiger partial charge < -0.3 is 14.6 Å². The minimum absolute atomic E-state index is 0.220. The summed E-state index contributed by atoms with van der Waals surface area (Å²) in [5.41, 5.74) is 4.08. The van der Waals surface area contributed by atoms with Crippen molar-refractivity contribution < 1.29 is 14.0 Å².